The summed E-state index contributed by atoms with van der Waals surface area (Å²) in [6.07, 6.45) is 97.8. The van der Waals surface area contributed by atoms with Gasteiger partial charge in [0.25, 0.3) is 0 Å². The van der Waals surface area contributed by atoms with Crippen molar-refractivity contribution in [3.8, 4) is 0 Å². The summed E-state index contributed by atoms with van der Waals surface area (Å²) in [5, 5.41) is 0. The van der Waals surface area contributed by atoms with Crippen LogP contribution < -0.4 is 0 Å². The van der Waals surface area contributed by atoms with Crippen molar-refractivity contribution in [3.05, 3.63) is 0 Å². The lowest BCUT2D eigenvalue weighted by molar-refractivity contribution is 0.510. The van der Waals surface area contributed by atoms with Crippen molar-refractivity contribution in [2.24, 2.45) is 0 Å². The Morgan fingerprint density at radius 3 is 0.157 bits per heavy atom. The summed E-state index contributed by atoms with van der Waals surface area (Å²) in [5.41, 5.74) is 0. The average Bonchev–Trinajstić information content (AvgIpc) is 3.37. The third-order valence-corrected chi connectivity index (χ3v) is 16.4. The first-order valence-electron chi connectivity index (χ1n) is 34.8. The Labute approximate surface area is 449 Å². The first kappa shape index (κ1) is 72.1. The molecule has 0 aliphatic rings. The Morgan fingerprint density at radius 1 is 0.0714 bits per heavy atom. The summed E-state index contributed by atoms with van der Waals surface area (Å²) in [6, 6.07) is 0. The summed E-state index contributed by atoms with van der Waals surface area (Å²) in [6.45, 7) is 9.23. The lowest BCUT2D eigenvalue weighted by atomic mass is 10.0. The quantitative estimate of drug-likeness (QED) is 0.0533. The van der Waals surface area contributed by atoms with Crippen molar-refractivity contribution in [3.63, 3.8) is 0 Å². The van der Waals surface area contributed by atoms with E-state index in [0.717, 1.165) is 0 Å². The zero-order valence-electron chi connectivity index (χ0n) is 50.7. The molecule has 0 aliphatic carbocycles. The Bertz CT molecular complexity index is 732. The van der Waals surface area contributed by atoms with E-state index < -0.39 is 0 Å². The second-order valence-electron chi connectivity index (χ2n) is 23.9. The van der Waals surface area contributed by atoms with Gasteiger partial charge in [0.1, 0.15) is 0 Å². The molecule has 0 saturated heterocycles. The first-order valence-corrected chi connectivity index (χ1v) is 34.8. The van der Waals surface area contributed by atoms with Gasteiger partial charge in [-0.15, -0.1) is 0 Å². The van der Waals surface area contributed by atoms with Crippen LogP contribution in [-0.2, 0) is 0 Å². The number of rotatable bonds is 64. The molecule has 0 heteroatoms. The fourth-order valence-corrected chi connectivity index (χ4v) is 11.3. The molecular weight excluding hydrogens is 841 g/mol. The van der Waals surface area contributed by atoms with Crippen molar-refractivity contribution in [2.75, 3.05) is 0 Å². The standard InChI is InChI=1S/C40H82.C30H62/c1-3-5-7-9-11-13-15-17-19-21-23-25-27-29-31-33-35-37-39-40-38-36-34-32-30-28-26-24-22-20-18-16-14-12-10-8-6-4-2;1-3-5-7-9-11-13-15-17-19-21-23-25-27-29-30-28-26-24-22-20-18-16-14-12-10-8-6-4-2/h3-40H2,1-2H3;3-30H2,1-2H3. The summed E-state index contributed by atoms with van der Waals surface area (Å²) >= 11 is 0. The highest BCUT2D eigenvalue weighted by atomic mass is 14.1. The molecule has 70 heavy (non-hydrogen) atoms. The molecule has 0 amide bonds. The third-order valence-electron chi connectivity index (χ3n) is 16.4. The van der Waals surface area contributed by atoms with E-state index in [1.54, 1.807) is 0 Å². The molecular formula is C70H144. The van der Waals surface area contributed by atoms with Gasteiger partial charge in [-0.05, 0) is 0 Å². The molecule has 0 fully saturated rings. The lowest BCUT2D eigenvalue weighted by Gasteiger charge is -2.05. The maximum absolute atomic E-state index is 2.31. The highest BCUT2D eigenvalue weighted by Gasteiger charge is 2.00. The molecule has 0 rings (SSSR count). The Morgan fingerprint density at radius 2 is 0.114 bits per heavy atom. The van der Waals surface area contributed by atoms with Gasteiger partial charge >= 0.3 is 0 Å². The minimum absolute atomic E-state index is 1.37. The molecule has 0 atom stereocenters. The molecule has 424 valence electrons. The average molecular weight is 986 g/mol. The van der Waals surface area contributed by atoms with Gasteiger partial charge in [0, 0.05) is 0 Å². The summed E-state index contributed by atoms with van der Waals surface area (Å²) in [5.74, 6) is 0. The van der Waals surface area contributed by atoms with Crippen LogP contribution in [0.5, 0.6) is 0 Å². The van der Waals surface area contributed by atoms with Crippen LogP contribution in [0.15, 0.2) is 0 Å². The molecule has 0 unspecified atom stereocenters. The van der Waals surface area contributed by atoms with Gasteiger partial charge in [-0.1, -0.05) is 451 Å². The van der Waals surface area contributed by atoms with E-state index >= 15 is 0 Å². The third kappa shape index (κ3) is 74.5. The van der Waals surface area contributed by atoms with E-state index in [2.05, 4.69) is 27.7 Å². The first-order chi connectivity index (χ1) is 34.8. The van der Waals surface area contributed by atoms with Gasteiger partial charge in [0.2, 0.25) is 0 Å². The molecule has 0 nitrogen and oxygen atoms in total. The van der Waals surface area contributed by atoms with Crippen LogP contribution in [0.4, 0.5) is 0 Å². The van der Waals surface area contributed by atoms with E-state index in [1.165, 1.54) is 424 Å². The van der Waals surface area contributed by atoms with E-state index in [-0.39, 0.29) is 0 Å². The normalized spacial score (nSPS) is 11.5. The van der Waals surface area contributed by atoms with Crippen molar-refractivity contribution in [2.45, 2.75) is 451 Å². The molecule has 0 spiro atoms. The van der Waals surface area contributed by atoms with Crippen LogP contribution in [0, 0.1) is 0 Å². The zero-order valence-corrected chi connectivity index (χ0v) is 50.7. The van der Waals surface area contributed by atoms with Crippen molar-refractivity contribution in [1.29, 1.82) is 0 Å². The van der Waals surface area contributed by atoms with Crippen LogP contribution >= 0.6 is 0 Å². The summed E-state index contributed by atoms with van der Waals surface area (Å²) in [4.78, 5) is 0. The predicted molar refractivity (Wildman–Crippen MR) is 327 cm³/mol. The molecule has 0 aromatic heterocycles. The van der Waals surface area contributed by atoms with Gasteiger partial charge in [0.05, 0.1) is 0 Å². The van der Waals surface area contributed by atoms with E-state index in [1.807, 2.05) is 0 Å². The second kappa shape index (κ2) is 73.2. The smallest absolute Gasteiger partial charge is 0.0533 e. The van der Waals surface area contributed by atoms with Crippen molar-refractivity contribution >= 4 is 0 Å². The Kier molecular flexibility index (Phi) is 75.4. The number of unbranched alkanes of at least 4 members (excludes halogenated alkanes) is 64. The molecule has 0 aromatic rings. The number of hydrogen-bond acceptors (Lipinski definition) is 0. The fourth-order valence-electron chi connectivity index (χ4n) is 11.3. The topological polar surface area (TPSA) is 0 Å². The highest BCUT2D eigenvalue weighted by Crippen LogP contribution is 2.20. The van der Waals surface area contributed by atoms with Crippen molar-refractivity contribution in [1.82, 2.24) is 0 Å². The molecule has 0 N–H and O–H groups in total. The van der Waals surface area contributed by atoms with Crippen LogP contribution in [0.25, 0.3) is 0 Å². The van der Waals surface area contributed by atoms with E-state index in [4.69, 9.17) is 0 Å². The van der Waals surface area contributed by atoms with Gasteiger partial charge in [-0.3, -0.25) is 0 Å². The van der Waals surface area contributed by atoms with E-state index in [0.29, 0.717) is 0 Å². The van der Waals surface area contributed by atoms with Crippen molar-refractivity contribution < 1.29 is 0 Å². The molecule has 0 aromatic carbocycles. The predicted octanol–water partition coefficient (Wildman–Crippen LogP) is 27.8. The van der Waals surface area contributed by atoms with Crippen LogP contribution in [0.1, 0.15) is 451 Å². The molecule has 0 saturated carbocycles. The maximum atomic E-state index is 2.31. The van der Waals surface area contributed by atoms with Gasteiger partial charge in [-0.2, -0.15) is 0 Å². The minimum Gasteiger partial charge on any atom is -0.0654 e. The van der Waals surface area contributed by atoms with Gasteiger partial charge in [0.15, 0.2) is 0 Å². The van der Waals surface area contributed by atoms with Gasteiger partial charge < -0.3 is 0 Å². The largest absolute Gasteiger partial charge is 0.0654 e. The van der Waals surface area contributed by atoms with Crippen LogP contribution in [0.3, 0.4) is 0 Å². The Balaban J connectivity index is 0. The second-order valence-corrected chi connectivity index (χ2v) is 23.9. The van der Waals surface area contributed by atoms with Gasteiger partial charge in [-0.25, -0.2) is 0 Å². The van der Waals surface area contributed by atoms with Crippen LogP contribution in [-0.4, -0.2) is 0 Å². The van der Waals surface area contributed by atoms with Crippen LogP contribution in [0.2, 0.25) is 0 Å². The lowest BCUT2D eigenvalue weighted by Crippen LogP contribution is -1.85. The maximum Gasteiger partial charge on any atom is -0.0533 e. The Hall–Kier alpha value is 0. The minimum atomic E-state index is 1.37. The molecule has 0 heterocycles. The zero-order chi connectivity index (χ0) is 50.7. The summed E-state index contributed by atoms with van der Waals surface area (Å²) < 4.78 is 0. The molecule has 0 aliphatic heterocycles. The summed E-state index contributed by atoms with van der Waals surface area (Å²) in [7, 11) is 0. The monoisotopic (exact) mass is 985 g/mol. The highest BCUT2D eigenvalue weighted by molar-refractivity contribution is 4.55. The molecule has 0 radical (unpaired) electrons. The molecule has 0 bridgehead atoms. The SMILES string of the molecule is CCCCCCCCCCCCCCCCCCCCCCCCCCCCCC.CCCCCCCCCCCCCCCCCCCCCCCCCCCCCCCCCCCCCCCC. The number of hydrogen-bond donors (Lipinski definition) is 0. The fraction of sp³-hybridized carbons (Fsp3) is 1.00. The van der Waals surface area contributed by atoms with E-state index in [9.17, 15) is 0 Å².